The zero-order valence-corrected chi connectivity index (χ0v) is 10.4. The lowest BCUT2D eigenvalue weighted by Gasteiger charge is -2.38. The Bertz CT molecular complexity index is 386. The third kappa shape index (κ3) is 1.61. The number of ether oxygens (including phenoxy) is 1. The monoisotopic (exact) mass is 219 g/mol. The molecule has 1 saturated carbocycles. The summed E-state index contributed by atoms with van der Waals surface area (Å²) in [5.41, 5.74) is 7.79. The van der Waals surface area contributed by atoms with Crippen molar-refractivity contribution in [1.29, 1.82) is 0 Å². The molecule has 0 spiro atoms. The summed E-state index contributed by atoms with van der Waals surface area (Å²) in [5, 5.41) is 0. The van der Waals surface area contributed by atoms with Crippen LogP contribution in [-0.2, 0) is 5.54 Å². The summed E-state index contributed by atoms with van der Waals surface area (Å²) >= 11 is 0. The van der Waals surface area contributed by atoms with E-state index in [2.05, 4.69) is 26.0 Å². The molecule has 16 heavy (non-hydrogen) atoms. The van der Waals surface area contributed by atoms with E-state index < -0.39 is 0 Å². The van der Waals surface area contributed by atoms with E-state index in [1.165, 1.54) is 18.4 Å². The van der Waals surface area contributed by atoms with E-state index in [0.29, 0.717) is 0 Å². The highest BCUT2D eigenvalue weighted by molar-refractivity contribution is 5.35. The molecule has 1 unspecified atom stereocenters. The Labute approximate surface area is 97.8 Å². The molecule has 0 heterocycles. The van der Waals surface area contributed by atoms with Crippen LogP contribution >= 0.6 is 0 Å². The topological polar surface area (TPSA) is 35.2 Å². The van der Waals surface area contributed by atoms with Crippen molar-refractivity contribution in [2.45, 2.75) is 38.6 Å². The molecule has 0 aromatic heterocycles. The second-order valence-corrected chi connectivity index (χ2v) is 5.44. The zero-order valence-electron chi connectivity index (χ0n) is 10.4. The molecule has 1 aliphatic carbocycles. The lowest BCUT2D eigenvalue weighted by molar-refractivity contribution is 0.210. The summed E-state index contributed by atoms with van der Waals surface area (Å²) in [6.45, 7) is 4.53. The number of rotatable bonds is 2. The molecular formula is C14H21NO. The summed E-state index contributed by atoms with van der Waals surface area (Å²) < 4.78 is 5.27. The van der Waals surface area contributed by atoms with E-state index in [-0.39, 0.29) is 11.0 Å². The van der Waals surface area contributed by atoms with Gasteiger partial charge in [0.2, 0.25) is 0 Å². The van der Waals surface area contributed by atoms with Crippen molar-refractivity contribution in [3.8, 4) is 5.75 Å². The van der Waals surface area contributed by atoms with E-state index in [1.807, 2.05) is 12.1 Å². The number of benzene rings is 1. The Kier molecular flexibility index (Phi) is 2.70. The first-order valence-corrected chi connectivity index (χ1v) is 5.93. The average Bonchev–Trinajstić information content (AvgIpc) is 2.55. The quantitative estimate of drug-likeness (QED) is 0.829. The number of methoxy groups -OCH3 is 1. The van der Waals surface area contributed by atoms with Crippen LogP contribution in [0.4, 0.5) is 0 Å². The summed E-state index contributed by atoms with van der Waals surface area (Å²) in [5.74, 6) is 0.894. The van der Waals surface area contributed by atoms with Gasteiger partial charge in [-0.15, -0.1) is 0 Å². The highest BCUT2D eigenvalue weighted by Gasteiger charge is 2.46. The van der Waals surface area contributed by atoms with Gasteiger partial charge in [0, 0.05) is 5.54 Å². The van der Waals surface area contributed by atoms with Crippen LogP contribution in [0.1, 0.15) is 38.7 Å². The van der Waals surface area contributed by atoms with Crippen molar-refractivity contribution in [2.75, 3.05) is 7.11 Å². The van der Waals surface area contributed by atoms with Gasteiger partial charge in [-0.3, -0.25) is 0 Å². The van der Waals surface area contributed by atoms with Crippen molar-refractivity contribution in [2.24, 2.45) is 11.1 Å². The molecule has 2 rings (SSSR count). The predicted octanol–water partition coefficient (Wildman–Crippen LogP) is 3.06. The Morgan fingerprint density at radius 1 is 1.25 bits per heavy atom. The van der Waals surface area contributed by atoms with Crippen molar-refractivity contribution < 1.29 is 4.74 Å². The third-order valence-corrected chi connectivity index (χ3v) is 4.17. The maximum Gasteiger partial charge on any atom is 0.119 e. The molecule has 1 aromatic carbocycles. The van der Waals surface area contributed by atoms with Crippen molar-refractivity contribution in [1.82, 2.24) is 0 Å². The normalized spacial score (nSPS) is 28.0. The molecule has 1 fully saturated rings. The molecular weight excluding hydrogens is 198 g/mol. The van der Waals surface area contributed by atoms with Crippen molar-refractivity contribution >= 4 is 0 Å². The Hall–Kier alpha value is -1.02. The predicted molar refractivity (Wildman–Crippen MR) is 66.5 cm³/mol. The molecule has 0 amide bonds. The second kappa shape index (κ2) is 3.77. The van der Waals surface area contributed by atoms with Gasteiger partial charge in [0.1, 0.15) is 5.75 Å². The lowest BCUT2D eigenvalue weighted by atomic mass is 9.71. The van der Waals surface area contributed by atoms with E-state index in [4.69, 9.17) is 10.5 Å². The maximum atomic E-state index is 6.63. The van der Waals surface area contributed by atoms with Crippen LogP contribution in [-0.4, -0.2) is 7.11 Å². The van der Waals surface area contributed by atoms with Gasteiger partial charge in [0.05, 0.1) is 7.11 Å². The standard InChI is InChI=1S/C14H21NO/c1-13(2)8-5-9-14(13,15)11-6-4-7-12(10-11)16-3/h4,6-7,10H,5,8-9,15H2,1-3H3. The maximum absolute atomic E-state index is 6.63. The van der Waals surface area contributed by atoms with E-state index in [0.717, 1.165) is 12.2 Å². The summed E-state index contributed by atoms with van der Waals surface area (Å²) in [7, 11) is 1.70. The van der Waals surface area contributed by atoms with Gasteiger partial charge < -0.3 is 10.5 Å². The molecule has 1 atom stereocenters. The summed E-state index contributed by atoms with van der Waals surface area (Å²) in [4.78, 5) is 0. The molecule has 88 valence electrons. The molecule has 1 aliphatic rings. The molecule has 1 aromatic rings. The van der Waals surface area contributed by atoms with Gasteiger partial charge in [-0.25, -0.2) is 0 Å². The first-order valence-electron chi connectivity index (χ1n) is 5.93. The minimum absolute atomic E-state index is 0.166. The molecule has 2 N–H and O–H groups in total. The van der Waals surface area contributed by atoms with Gasteiger partial charge in [-0.05, 0) is 36.0 Å². The summed E-state index contributed by atoms with van der Waals surface area (Å²) in [6.07, 6.45) is 3.47. The van der Waals surface area contributed by atoms with Crippen molar-refractivity contribution in [3.63, 3.8) is 0 Å². The molecule has 0 radical (unpaired) electrons. The first kappa shape index (κ1) is 11.5. The Morgan fingerprint density at radius 3 is 2.56 bits per heavy atom. The first-order chi connectivity index (χ1) is 7.49. The largest absolute Gasteiger partial charge is 0.497 e. The van der Waals surface area contributed by atoms with Crippen LogP contribution in [0.15, 0.2) is 24.3 Å². The Balaban J connectivity index is 2.42. The minimum Gasteiger partial charge on any atom is -0.497 e. The highest BCUT2D eigenvalue weighted by atomic mass is 16.5. The smallest absolute Gasteiger partial charge is 0.119 e. The molecule has 0 saturated heterocycles. The van der Waals surface area contributed by atoms with E-state index in [1.54, 1.807) is 7.11 Å². The molecule has 2 heteroatoms. The van der Waals surface area contributed by atoms with E-state index in [9.17, 15) is 0 Å². The van der Waals surface area contributed by atoms with E-state index >= 15 is 0 Å². The van der Waals surface area contributed by atoms with Crippen LogP contribution in [0.3, 0.4) is 0 Å². The lowest BCUT2D eigenvalue weighted by Crippen LogP contribution is -2.45. The van der Waals surface area contributed by atoms with Gasteiger partial charge in [-0.2, -0.15) is 0 Å². The van der Waals surface area contributed by atoms with Crippen LogP contribution < -0.4 is 10.5 Å². The highest BCUT2D eigenvalue weighted by Crippen LogP contribution is 2.50. The number of hydrogen-bond donors (Lipinski definition) is 1. The molecule has 2 nitrogen and oxygen atoms in total. The van der Waals surface area contributed by atoms with Crippen LogP contribution in [0.25, 0.3) is 0 Å². The van der Waals surface area contributed by atoms with Gasteiger partial charge in [-0.1, -0.05) is 32.4 Å². The fraction of sp³-hybridized carbons (Fsp3) is 0.571. The zero-order chi connectivity index (χ0) is 11.8. The van der Waals surface area contributed by atoms with Gasteiger partial charge in [0.15, 0.2) is 0 Å². The number of hydrogen-bond acceptors (Lipinski definition) is 2. The fourth-order valence-electron chi connectivity index (χ4n) is 2.81. The SMILES string of the molecule is COc1cccc(C2(N)CCCC2(C)C)c1. The molecule has 0 aliphatic heterocycles. The third-order valence-electron chi connectivity index (χ3n) is 4.17. The average molecular weight is 219 g/mol. The minimum atomic E-state index is -0.207. The van der Waals surface area contributed by atoms with Crippen LogP contribution in [0.5, 0.6) is 5.75 Å². The van der Waals surface area contributed by atoms with Crippen LogP contribution in [0, 0.1) is 5.41 Å². The van der Waals surface area contributed by atoms with Gasteiger partial charge >= 0.3 is 0 Å². The second-order valence-electron chi connectivity index (χ2n) is 5.44. The molecule has 0 bridgehead atoms. The number of nitrogens with two attached hydrogens (primary N) is 1. The summed E-state index contributed by atoms with van der Waals surface area (Å²) in [6, 6.07) is 8.19. The van der Waals surface area contributed by atoms with Gasteiger partial charge in [0.25, 0.3) is 0 Å². The Morgan fingerprint density at radius 2 is 2.00 bits per heavy atom. The van der Waals surface area contributed by atoms with Crippen molar-refractivity contribution in [3.05, 3.63) is 29.8 Å². The fourth-order valence-corrected chi connectivity index (χ4v) is 2.81. The van der Waals surface area contributed by atoms with Crippen LogP contribution in [0.2, 0.25) is 0 Å².